The van der Waals surface area contributed by atoms with Crippen LogP contribution < -0.4 is 5.73 Å². The minimum absolute atomic E-state index is 0.478. The topological polar surface area (TPSA) is 46.2 Å². The molecule has 56 valence electrons. The van der Waals surface area contributed by atoms with Crippen LogP contribution in [-0.4, -0.2) is 16.7 Å². The molecule has 1 aliphatic rings. The maximum atomic E-state index is 9.23. The van der Waals surface area contributed by atoms with Crippen LogP contribution in [0, 0.1) is 0 Å². The molecule has 2 heteroatoms. The van der Waals surface area contributed by atoms with Gasteiger partial charge in [-0.15, -0.1) is 0 Å². The third-order valence-electron chi connectivity index (χ3n) is 1.90. The molecule has 0 radical (unpaired) electrons. The maximum absolute atomic E-state index is 9.23. The normalized spacial score (nSPS) is 34.3. The van der Waals surface area contributed by atoms with Gasteiger partial charge in [-0.3, -0.25) is 0 Å². The second kappa shape index (κ2) is 2.56. The summed E-state index contributed by atoms with van der Waals surface area (Å²) in [5.41, 5.74) is 5.28. The van der Waals surface area contributed by atoms with Crippen molar-refractivity contribution < 1.29 is 5.11 Å². The largest absolute Gasteiger partial charge is 0.391 e. The number of aliphatic hydroxyl groups is 1. The van der Waals surface area contributed by atoms with Crippen molar-refractivity contribution in [2.24, 2.45) is 5.73 Å². The molecule has 0 saturated heterocycles. The standard InChI is InChI=1S/C8H13NO/c1-7(10)8(9)5-3-2-4-6-8/h2-5,7,10H,6,9H2,1H3. The zero-order valence-electron chi connectivity index (χ0n) is 6.12. The minimum Gasteiger partial charge on any atom is -0.391 e. The first kappa shape index (κ1) is 7.51. The van der Waals surface area contributed by atoms with Crippen molar-refractivity contribution in [1.82, 2.24) is 0 Å². The van der Waals surface area contributed by atoms with Gasteiger partial charge in [0.25, 0.3) is 0 Å². The average Bonchev–Trinajstić information content (AvgIpc) is 1.89. The van der Waals surface area contributed by atoms with Crippen LogP contribution in [0.5, 0.6) is 0 Å². The van der Waals surface area contributed by atoms with Gasteiger partial charge in [0.15, 0.2) is 0 Å². The number of nitrogens with two attached hydrogens (primary N) is 1. The quantitative estimate of drug-likeness (QED) is 0.558. The Morgan fingerprint density at radius 2 is 2.30 bits per heavy atom. The summed E-state index contributed by atoms with van der Waals surface area (Å²) in [7, 11) is 0. The van der Waals surface area contributed by atoms with E-state index in [1.165, 1.54) is 0 Å². The third-order valence-corrected chi connectivity index (χ3v) is 1.90. The highest BCUT2D eigenvalue weighted by Crippen LogP contribution is 2.18. The summed E-state index contributed by atoms with van der Waals surface area (Å²) in [6.07, 6.45) is 7.86. The van der Waals surface area contributed by atoms with Crippen molar-refractivity contribution in [1.29, 1.82) is 0 Å². The molecule has 1 aliphatic carbocycles. The van der Waals surface area contributed by atoms with E-state index in [1.807, 2.05) is 24.3 Å². The minimum atomic E-state index is -0.533. The van der Waals surface area contributed by atoms with Gasteiger partial charge in [-0.2, -0.15) is 0 Å². The number of hydrogen-bond acceptors (Lipinski definition) is 2. The monoisotopic (exact) mass is 139 g/mol. The van der Waals surface area contributed by atoms with Gasteiger partial charge in [-0.1, -0.05) is 24.3 Å². The fourth-order valence-corrected chi connectivity index (χ4v) is 0.963. The molecular formula is C8H13NO. The molecule has 0 fully saturated rings. The van der Waals surface area contributed by atoms with E-state index in [4.69, 9.17) is 5.73 Å². The molecule has 2 unspecified atom stereocenters. The average molecular weight is 139 g/mol. The van der Waals surface area contributed by atoms with Gasteiger partial charge >= 0.3 is 0 Å². The highest BCUT2D eigenvalue weighted by molar-refractivity contribution is 5.21. The van der Waals surface area contributed by atoms with E-state index in [9.17, 15) is 5.11 Å². The van der Waals surface area contributed by atoms with E-state index >= 15 is 0 Å². The lowest BCUT2D eigenvalue weighted by Crippen LogP contribution is -2.47. The van der Waals surface area contributed by atoms with Crippen LogP contribution in [0.4, 0.5) is 0 Å². The fraction of sp³-hybridized carbons (Fsp3) is 0.500. The fourth-order valence-electron chi connectivity index (χ4n) is 0.963. The van der Waals surface area contributed by atoms with Crippen LogP contribution in [0.15, 0.2) is 24.3 Å². The van der Waals surface area contributed by atoms with Crippen LogP contribution in [0.3, 0.4) is 0 Å². The van der Waals surface area contributed by atoms with E-state index in [0.717, 1.165) is 6.42 Å². The molecule has 0 bridgehead atoms. The van der Waals surface area contributed by atoms with Crippen LogP contribution in [-0.2, 0) is 0 Å². The Bertz CT molecular complexity index is 172. The SMILES string of the molecule is CC(O)C1(N)C=CC=CC1. The van der Waals surface area contributed by atoms with Crippen LogP contribution >= 0.6 is 0 Å². The zero-order valence-corrected chi connectivity index (χ0v) is 6.12. The lowest BCUT2D eigenvalue weighted by atomic mass is 9.88. The molecule has 1 rings (SSSR count). The van der Waals surface area contributed by atoms with E-state index in [1.54, 1.807) is 6.92 Å². The predicted octanol–water partition coefficient (Wildman–Crippen LogP) is 0.581. The van der Waals surface area contributed by atoms with Crippen LogP contribution in [0.1, 0.15) is 13.3 Å². The third kappa shape index (κ3) is 1.28. The van der Waals surface area contributed by atoms with E-state index in [2.05, 4.69) is 0 Å². The Hall–Kier alpha value is -0.600. The van der Waals surface area contributed by atoms with Crippen LogP contribution in [0.25, 0.3) is 0 Å². The van der Waals surface area contributed by atoms with E-state index in [0.29, 0.717) is 0 Å². The summed E-state index contributed by atoms with van der Waals surface area (Å²) in [6, 6.07) is 0. The first-order chi connectivity index (χ1) is 4.65. The molecule has 0 aromatic rings. The molecule has 0 aromatic heterocycles. The summed E-state index contributed by atoms with van der Waals surface area (Å²) >= 11 is 0. The smallest absolute Gasteiger partial charge is 0.0730 e. The number of allylic oxidation sites excluding steroid dienone is 2. The van der Waals surface area contributed by atoms with E-state index < -0.39 is 11.6 Å². The van der Waals surface area contributed by atoms with Gasteiger partial charge in [0.1, 0.15) is 0 Å². The molecule has 3 N–H and O–H groups in total. The Balaban J connectivity index is 2.70. The number of hydrogen-bond donors (Lipinski definition) is 2. The van der Waals surface area contributed by atoms with Crippen molar-refractivity contribution >= 4 is 0 Å². The molecule has 0 aromatic carbocycles. The Labute approximate surface area is 61.0 Å². The van der Waals surface area contributed by atoms with Gasteiger partial charge < -0.3 is 10.8 Å². The summed E-state index contributed by atoms with van der Waals surface area (Å²) in [4.78, 5) is 0. The zero-order chi connectivity index (χ0) is 7.61. The summed E-state index contributed by atoms with van der Waals surface area (Å²) in [5, 5.41) is 9.23. The molecule has 0 saturated carbocycles. The van der Waals surface area contributed by atoms with Crippen LogP contribution in [0.2, 0.25) is 0 Å². The van der Waals surface area contributed by atoms with Crippen molar-refractivity contribution in [2.75, 3.05) is 0 Å². The molecular weight excluding hydrogens is 126 g/mol. The first-order valence-corrected chi connectivity index (χ1v) is 3.46. The lowest BCUT2D eigenvalue weighted by molar-refractivity contribution is 0.128. The summed E-state index contributed by atoms with van der Waals surface area (Å²) in [6.45, 7) is 1.71. The van der Waals surface area contributed by atoms with Gasteiger partial charge in [0, 0.05) is 0 Å². The van der Waals surface area contributed by atoms with Gasteiger partial charge in [-0.05, 0) is 13.3 Å². The second-order valence-corrected chi connectivity index (χ2v) is 2.78. The molecule has 10 heavy (non-hydrogen) atoms. The lowest BCUT2D eigenvalue weighted by Gasteiger charge is -2.29. The summed E-state index contributed by atoms with van der Waals surface area (Å²) in [5.74, 6) is 0. The summed E-state index contributed by atoms with van der Waals surface area (Å²) < 4.78 is 0. The van der Waals surface area contributed by atoms with Crippen molar-refractivity contribution in [3.8, 4) is 0 Å². The molecule has 2 nitrogen and oxygen atoms in total. The van der Waals surface area contributed by atoms with E-state index in [-0.39, 0.29) is 0 Å². The number of rotatable bonds is 1. The molecule has 2 atom stereocenters. The van der Waals surface area contributed by atoms with Gasteiger partial charge in [0.2, 0.25) is 0 Å². The Kier molecular flexibility index (Phi) is 1.92. The van der Waals surface area contributed by atoms with Crippen molar-refractivity contribution in [2.45, 2.75) is 25.0 Å². The molecule has 0 amide bonds. The van der Waals surface area contributed by atoms with Crippen molar-refractivity contribution in [3.05, 3.63) is 24.3 Å². The van der Waals surface area contributed by atoms with Gasteiger partial charge in [-0.25, -0.2) is 0 Å². The van der Waals surface area contributed by atoms with Gasteiger partial charge in [0.05, 0.1) is 11.6 Å². The Morgan fingerprint density at radius 3 is 2.60 bits per heavy atom. The van der Waals surface area contributed by atoms with Crippen molar-refractivity contribution in [3.63, 3.8) is 0 Å². The number of aliphatic hydroxyl groups excluding tert-OH is 1. The molecule has 0 aliphatic heterocycles. The molecule has 0 spiro atoms. The second-order valence-electron chi connectivity index (χ2n) is 2.78. The Morgan fingerprint density at radius 1 is 1.60 bits per heavy atom. The maximum Gasteiger partial charge on any atom is 0.0730 e. The highest BCUT2D eigenvalue weighted by Gasteiger charge is 2.26. The highest BCUT2D eigenvalue weighted by atomic mass is 16.3. The predicted molar refractivity (Wildman–Crippen MR) is 41.5 cm³/mol. The molecule has 0 heterocycles. The first-order valence-electron chi connectivity index (χ1n) is 3.46.